The number of carbonyl (C=O) groups is 2. The van der Waals surface area contributed by atoms with Gasteiger partial charge in [0.2, 0.25) is 34.2 Å². The Kier molecular flexibility index (Phi) is 12.7. The zero-order valence-corrected chi connectivity index (χ0v) is 33.6. The van der Waals surface area contributed by atoms with Gasteiger partial charge in [-0.3, -0.25) is 19.2 Å². The third-order valence-corrected chi connectivity index (χ3v) is 10.7. The molecule has 1 saturated carbocycles. The quantitative estimate of drug-likeness (QED) is 0.0438. The summed E-state index contributed by atoms with van der Waals surface area (Å²) in [6, 6.07) is 11.4. The van der Waals surface area contributed by atoms with E-state index in [1.54, 1.807) is 0 Å². The number of rotatable bonds is 15. The maximum Gasteiger partial charge on any atom is 0.239 e. The van der Waals surface area contributed by atoms with Crippen LogP contribution in [-0.4, -0.2) is 78.5 Å². The summed E-state index contributed by atoms with van der Waals surface area (Å²) < 4.78 is 23.3. The molecule has 1 aliphatic carbocycles. The van der Waals surface area contributed by atoms with Crippen LogP contribution < -0.4 is 31.0 Å². The summed E-state index contributed by atoms with van der Waals surface area (Å²) in [7, 11) is 0. The topological polar surface area (TPSA) is 299 Å². The van der Waals surface area contributed by atoms with E-state index in [1.165, 1.54) is 24.3 Å². The molecule has 0 spiro atoms. The van der Waals surface area contributed by atoms with Crippen LogP contribution in [0.5, 0.6) is 57.5 Å². The van der Waals surface area contributed by atoms with Gasteiger partial charge < -0.3 is 69.8 Å². The molecule has 2 aromatic heterocycles. The van der Waals surface area contributed by atoms with Crippen molar-refractivity contribution in [2.24, 2.45) is 5.92 Å². The van der Waals surface area contributed by atoms with Crippen LogP contribution in [0.15, 0.2) is 79.1 Å². The van der Waals surface area contributed by atoms with Crippen LogP contribution in [0.2, 0.25) is 0 Å². The molecule has 0 saturated heterocycles. The third-order valence-electron chi connectivity index (χ3n) is 10.7. The van der Waals surface area contributed by atoms with Crippen molar-refractivity contribution in [2.75, 3.05) is 19.8 Å². The van der Waals surface area contributed by atoms with Crippen LogP contribution in [0.4, 0.5) is 0 Å². The molecule has 1 aliphatic rings. The van der Waals surface area contributed by atoms with Gasteiger partial charge in [-0.25, -0.2) is 0 Å². The van der Waals surface area contributed by atoms with Gasteiger partial charge in [0.1, 0.15) is 44.9 Å². The van der Waals surface area contributed by atoms with Crippen molar-refractivity contribution in [2.45, 2.75) is 57.4 Å². The molecule has 7 rings (SSSR count). The zero-order valence-electron chi connectivity index (χ0n) is 33.6. The standard InChI is InChI=1S/C45H44N2O16/c48-25-17-32(54)38-34(19-25)62-42(22-9-11-28(50)30(52)15-22)44(40(38)58)60-13-3-7-36(56)46-21-24-5-1-2-6-27(24)47-37(57)8-4-14-61-45-41(59)39-33(55)18-26(49)20-35(39)63-43(45)23-10-12-29(51)31(53)16-23/h9-12,15-20,24,27,48-55H,1-8,13-14,21H2,(H,46,56)(H,47,57). The van der Waals surface area contributed by atoms with Crippen LogP contribution in [0.25, 0.3) is 44.6 Å². The first kappa shape index (κ1) is 43.3. The van der Waals surface area contributed by atoms with Crippen molar-refractivity contribution in [3.63, 3.8) is 0 Å². The van der Waals surface area contributed by atoms with E-state index in [4.69, 9.17) is 18.3 Å². The monoisotopic (exact) mass is 868 g/mol. The molecule has 2 atom stereocenters. The molecule has 10 N–H and O–H groups in total. The molecule has 2 amide bonds. The minimum atomic E-state index is -0.762. The van der Waals surface area contributed by atoms with Gasteiger partial charge in [-0.15, -0.1) is 0 Å². The molecule has 0 bridgehead atoms. The van der Waals surface area contributed by atoms with Crippen LogP contribution in [-0.2, 0) is 9.59 Å². The summed E-state index contributed by atoms with van der Waals surface area (Å²) in [5.74, 6) is -5.15. The molecule has 2 heterocycles. The molecule has 18 heteroatoms. The minimum Gasteiger partial charge on any atom is -0.508 e. The maximum absolute atomic E-state index is 13.5. The van der Waals surface area contributed by atoms with Gasteiger partial charge in [0.05, 0.1) is 13.2 Å². The fraction of sp³-hybridized carbons (Fsp3) is 0.289. The van der Waals surface area contributed by atoms with E-state index < -0.39 is 45.4 Å². The number of fused-ring (bicyclic) bond motifs is 2. The Morgan fingerprint density at radius 1 is 0.587 bits per heavy atom. The molecule has 0 aliphatic heterocycles. The van der Waals surface area contributed by atoms with Gasteiger partial charge in [-0.2, -0.15) is 0 Å². The first-order chi connectivity index (χ1) is 30.2. The Morgan fingerprint density at radius 3 is 1.56 bits per heavy atom. The highest BCUT2D eigenvalue weighted by Gasteiger charge is 2.28. The molecule has 0 radical (unpaired) electrons. The number of hydrogen-bond donors (Lipinski definition) is 10. The van der Waals surface area contributed by atoms with Crippen LogP contribution >= 0.6 is 0 Å². The molecule has 2 unspecified atom stereocenters. The fourth-order valence-corrected chi connectivity index (χ4v) is 7.58. The van der Waals surface area contributed by atoms with Crippen molar-refractivity contribution in [1.82, 2.24) is 10.6 Å². The van der Waals surface area contributed by atoms with Crippen LogP contribution in [0, 0.1) is 5.92 Å². The fourth-order valence-electron chi connectivity index (χ4n) is 7.58. The van der Waals surface area contributed by atoms with E-state index in [9.17, 15) is 60.0 Å². The van der Waals surface area contributed by atoms with E-state index in [0.29, 0.717) is 13.0 Å². The zero-order chi connectivity index (χ0) is 44.9. The first-order valence-electron chi connectivity index (χ1n) is 20.1. The van der Waals surface area contributed by atoms with Crippen molar-refractivity contribution < 1.29 is 68.7 Å². The number of aromatic hydroxyl groups is 8. The number of amides is 2. The van der Waals surface area contributed by atoms with Crippen LogP contribution in [0.1, 0.15) is 51.4 Å². The van der Waals surface area contributed by atoms with Crippen molar-refractivity contribution in [3.05, 3.63) is 81.1 Å². The minimum absolute atomic E-state index is 0.0182. The highest BCUT2D eigenvalue weighted by molar-refractivity contribution is 5.89. The van der Waals surface area contributed by atoms with Gasteiger partial charge in [0.15, 0.2) is 34.5 Å². The van der Waals surface area contributed by atoms with Crippen molar-refractivity contribution in [3.8, 4) is 80.1 Å². The second kappa shape index (κ2) is 18.5. The highest BCUT2D eigenvalue weighted by Crippen LogP contribution is 2.40. The number of hydrogen-bond acceptors (Lipinski definition) is 16. The SMILES string of the molecule is O=C(CCCOc1c(-c2ccc(O)c(O)c2)oc2cc(O)cc(O)c2c1=O)NCC1CCCCC1NC(=O)CCCOc1c(-c2ccc(O)c(O)c2)oc2cc(O)cc(O)c2c1=O. The van der Waals surface area contributed by atoms with Gasteiger partial charge in [0.25, 0.3) is 0 Å². The van der Waals surface area contributed by atoms with Gasteiger partial charge >= 0.3 is 0 Å². The smallest absolute Gasteiger partial charge is 0.239 e. The summed E-state index contributed by atoms with van der Waals surface area (Å²) >= 11 is 0. The third kappa shape index (κ3) is 9.59. The average molecular weight is 869 g/mol. The molecule has 6 aromatic rings. The Balaban J connectivity index is 0.921. The molecule has 1 fully saturated rings. The molecular weight excluding hydrogens is 824 g/mol. The average Bonchev–Trinajstić information content (AvgIpc) is 3.23. The summed E-state index contributed by atoms with van der Waals surface area (Å²) in [5, 5.41) is 86.0. The van der Waals surface area contributed by atoms with Gasteiger partial charge in [-0.05, 0) is 68.0 Å². The lowest BCUT2D eigenvalue weighted by Crippen LogP contribution is -2.46. The number of nitrogens with one attached hydrogen (secondary N) is 2. The Hall–Kier alpha value is -7.76. The van der Waals surface area contributed by atoms with E-state index in [0.717, 1.165) is 55.7 Å². The predicted octanol–water partition coefficient (Wildman–Crippen LogP) is 5.69. The Labute approximate surface area is 356 Å². The number of phenols is 8. The first-order valence-corrected chi connectivity index (χ1v) is 20.1. The van der Waals surface area contributed by atoms with E-state index >= 15 is 0 Å². The lowest BCUT2D eigenvalue weighted by molar-refractivity contribution is -0.122. The molecule has 4 aromatic carbocycles. The number of phenolic OH excluding ortho intramolecular Hbond substituents is 8. The largest absolute Gasteiger partial charge is 0.508 e. The Bertz CT molecular complexity index is 2830. The Morgan fingerprint density at radius 2 is 1.06 bits per heavy atom. The highest BCUT2D eigenvalue weighted by atomic mass is 16.5. The maximum atomic E-state index is 13.5. The molecule has 330 valence electrons. The van der Waals surface area contributed by atoms with Gasteiger partial charge in [-0.1, -0.05) is 12.8 Å². The van der Waals surface area contributed by atoms with Crippen LogP contribution in [0.3, 0.4) is 0 Å². The van der Waals surface area contributed by atoms with E-state index in [1.807, 2.05) is 0 Å². The number of benzene rings is 4. The normalized spacial score (nSPS) is 15.0. The summed E-state index contributed by atoms with van der Waals surface area (Å²) in [4.78, 5) is 53.1. The van der Waals surface area contributed by atoms with E-state index in [-0.39, 0.29) is 130 Å². The summed E-state index contributed by atoms with van der Waals surface area (Å²) in [5.41, 5.74) is -1.51. The second-order valence-corrected chi connectivity index (χ2v) is 15.2. The van der Waals surface area contributed by atoms with E-state index in [2.05, 4.69) is 10.6 Å². The van der Waals surface area contributed by atoms with Crippen molar-refractivity contribution in [1.29, 1.82) is 0 Å². The summed E-state index contributed by atoms with van der Waals surface area (Å²) in [6.45, 7) is 0.0560. The predicted molar refractivity (Wildman–Crippen MR) is 226 cm³/mol. The molecular formula is C45H44N2O16. The van der Waals surface area contributed by atoms with Gasteiger partial charge in [0, 0.05) is 60.8 Å². The second-order valence-electron chi connectivity index (χ2n) is 15.2. The van der Waals surface area contributed by atoms with Crippen molar-refractivity contribution >= 4 is 33.8 Å². The lowest BCUT2D eigenvalue weighted by atomic mass is 9.84. The number of ether oxygens (including phenoxy) is 2. The molecule has 18 nitrogen and oxygen atoms in total. The number of carbonyl (C=O) groups excluding carboxylic acids is 2. The lowest BCUT2D eigenvalue weighted by Gasteiger charge is -2.32. The summed E-state index contributed by atoms with van der Waals surface area (Å²) in [6.07, 6.45) is 3.62. The molecule has 63 heavy (non-hydrogen) atoms.